The predicted molar refractivity (Wildman–Crippen MR) is 110 cm³/mol. The topological polar surface area (TPSA) is 112 Å². The number of aromatic nitrogens is 5. The molecule has 3 aromatic heterocycles. The zero-order valence-electron chi connectivity index (χ0n) is 15.1. The van der Waals surface area contributed by atoms with Gasteiger partial charge in [0.15, 0.2) is 10.9 Å². The van der Waals surface area contributed by atoms with Crippen LogP contribution in [0.4, 0.5) is 5.13 Å². The highest BCUT2D eigenvalue weighted by atomic mass is 32.1. The lowest BCUT2D eigenvalue weighted by molar-refractivity contribution is -0.117. The number of hydrogen-bond acceptors (Lipinski definition) is 8. The van der Waals surface area contributed by atoms with Crippen LogP contribution in [0.1, 0.15) is 16.6 Å². The van der Waals surface area contributed by atoms with Crippen LogP contribution in [0.2, 0.25) is 0 Å². The van der Waals surface area contributed by atoms with Gasteiger partial charge in [0, 0.05) is 12.5 Å². The van der Waals surface area contributed by atoms with Crippen molar-refractivity contribution in [3.63, 3.8) is 0 Å². The fourth-order valence-corrected chi connectivity index (χ4v) is 4.17. The molecule has 3 heterocycles. The maximum atomic E-state index is 12.4. The Bertz CT molecular complexity index is 1220. The number of carbonyl (C=O) groups is 2. The van der Waals surface area contributed by atoms with E-state index in [0.717, 1.165) is 26.3 Å². The van der Waals surface area contributed by atoms with Gasteiger partial charge in [-0.1, -0.05) is 41.7 Å². The Morgan fingerprint density at radius 2 is 1.90 bits per heavy atom. The third-order valence-corrected chi connectivity index (χ3v) is 5.80. The summed E-state index contributed by atoms with van der Waals surface area (Å²) in [6, 6.07) is 12.8. The first-order chi connectivity index (χ1) is 14.0. The van der Waals surface area contributed by atoms with Gasteiger partial charge in [-0.05, 0) is 27.9 Å². The third-order valence-electron chi connectivity index (χ3n) is 3.89. The molecular weight excluding hydrogens is 412 g/mol. The van der Waals surface area contributed by atoms with E-state index in [1.165, 1.54) is 18.3 Å². The summed E-state index contributed by atoms with van der Waals surface area (Å²) in [7, 11) is 0. The molecule has 0 aliphatic rings. The molecule has 9 nitrogen and oxygen atoms in total. The molecule has 0 aliphatic heterocycles. The van der Waals surface area contributed by atoms with Crippen LogP contribution in [-0.4, -0.2) is 36.5 Å². The largest absolute Gasteiger partial charge is 0.369 e. The van der Waals surface area contributed by atoms with Crippen molar-refractivity contribution in [2.45, 2.75) is 13.5 Å². The second-order valence-corrected chi connectivity index (χ2v) is 7.87. The maximum Gasteiger partial charge on any atom is 0.369 e. The van der Waals surface area contributed by atoms with Crippen molar-refractivity contribution in [3.05, 3.63) is 63.2 Å². The van der Waals surface area contributed by atoms with E-state index in [9.17, 15) is 14.4 Å². The number of Topliss-reactive ketones (excluding diaryl/α,β-unsaturated/α-hetero) is 1. The zero-order valence-corrected chi connectivity index (χ0v) is 16.7. The van der Waals surface area contributed by atoms with E-state index in [1.807, 2.05) is 35.7 Å². The van der Waals surface area contributed by atoms with Gasteiger partial charge in [-0.15, -0.1) is 11.3 Å². The molecular formula is C18H14N6O3S2. The van der Waals surface area contributed by atoms with Crippen molar-refractivity contribution < 1.29 is 9.59 Å². The summed E-state index contributed by atoms with van der Waals surface area (Å²) < 4.78 is 2.09. The lowest BCUT2D eigenvalue weighted by atomic mass is 10.1. The number of nitrogens with zero attached hydrogens (tertiary/aromatic N) is 5. The second-order valence-electron chi connectivity index (χ2n) is 5.95. The molecule has 1 amide bonds. The van der Waals surface area contributed by atoms with Crippen molar-refractivity contribution in [1.29, 1.82) is 0 Å². The highest BCUT2D eigenvalue weighted by Gasteiger charge is 2.19. The summed E-state index contributed by atoms with van der Waals surface area (Å²) in [6.07, 6.45) is 0. The van der Waals surface area contributed by atoms with E-state index in [4.69, 9.17) is 0 Å². The number of benzene rings is 1. The summed E-state index contributed by atoms with van der Waals surface area (Å²) >= 11 is 2.43. The predicted octanol–water partition coefficient (Wildman–Crippen LogP) is 2.46. The van der Waals surface area contributed by atoms with Crippen molar-refractivity contribution in [2.75, 3.05) is 5.32 Å². The number of thiophene rings is 1. The van der Waals surface area contributed by atoms with Gasteiger partial charge in [0.05, 0.1) is 10.6 Å². The van der Waals surface area contributed by atoms with Gasteiger partial charge in [-0.2, -0.15) is 9.36 Å². The molecule has 0 spiro atoms. The van der Waals surface area contributed by atoms with E-state index in [0.29, 0.717) is 15.6 Å². The Morgan fingerprint density at radius 3 is 2.59 bits per heavy atom. The van der Waals surface area contributed by atoms with Crippen LogP contribution in [0, 0.1) is 0 Å². The molecule has 0 aliphatic carbocycles. The molecule has 0 saturated carbocycles. The Hall–Kier alpha value is -3.44. The highest BCUT2D eigenvalue weighted by molar-refractivity contribution is 7.18. The van der Waals surface area contributed by atoms with Crippen molar-refractivity contribution in [2.24, 2.45) is 0 Å². The standard InChI is InChI=1S/C18H14N6O3S2/c1-11(25)16-15(12-6-3-2-4-7-12)20-17(29-16)19-13(26)10-23-18(27)24(22-21-23)14-8-5-9-28-14/h2-9H,10H2,1H3,(H,19,20,26). The van der Waals surface area contributed by atoms with Gasteiger partial charge in [-0.25, -0.2) is 9.78 Å². The monoisotopic (exact) mass is 426 g/mol. The molecule has 0 unspecified atom stereocenters. The van der Waals surface area contributed by atoms with Crippen molar-refractivity contribution in [1.82, 2.24) is 24.8 Å². The lowest BCUT2D eigenvalue weighted by Crippen LogP contribution is -2.29. The molecule has 0 radical (unpaired) electrons. The summed E-state index contributed by atoms with van der Waals surface area (Å²) in [5.74, 6) is -0.634. The summed E-state index contributed by atoms with van der Waals surface area (Å²) in [5.41, 5.74) is 0.778. The minimum Gasteiger partial charge on any atom is -0.300 e. The summed E-state index contributed by atoms with van der Waals surface area (Å²) in [4.78, 5) is 41.6. The average molecular weight is 426 g/mol. The van der Waals surface area contributed by atoms with Crippen LogP contribution in [0.3, 0.4) is 0 Å². The van der Waals surface area contributed by atoms with Gasteiger partial charge < -0.3 is 5.32 Å². The number of ketones is 1. The number of carbonyl (C=O) groups excluding carboxylic acids is 2. The fraction of sp³-hybridized carbons (Fsp3) is 0.111. The Balaban J connectivity index is 1.54. The van der Waals surface area contributed by atoms with Crippen LogP contribution in [-0.2, 0) is 11.3 Å². The van der Waals surface area contributed by atoms with Crippen LogP contribution in [0.15, 0.2) is 52.6 Å². The SMILES string of the molecule is CC(=O)c1sc(NC(=O)Cn2nnn(-c3cccs3)c2=O)nc1-c1ccccc1. The van der Waals surface area contributed by atoms with Gasteiger partial charge in [0.1, 0.15) is 11.5 Å². The minimum atomic E-state index is -0.517. The van der Waals surface area contributed by atoms with Gasteiger partial charge in [0.25, 0.3) is 0 Å². The van der Waals surface area contributed by atoms with E-state index in [-0.39, 0.29) is 17.5 Å². The molecule has 0 atom stereocenters. The molecule has 4 aromatic rings. The van der Waals surface area contributed by atoms with Crippen molar-refractivity contribution >= 4 is 39.5 Å². The molecule has 1 N–H and O–H groups in total. The Kier molecular flexibility index (Phi) is 5.14. The van der Waals surface area contributed by atoms with Crippen LogP contribution in [0.25, 0.3) is 16.3 Å². The van der Waals surface area contributed by atoms with E-state index in [2.05, 4.69) is 20.7 Å². The Labute approximate surface area is 172 Å². The van der Waals surface area contributed by atoms with Crippen LogP contribution < -0.4 is 11.0 Å². The van der Waals surface area contributed by atoms with E-state index in [1.54, 1.807) is 12.1 Å². The third kappa shape index (κ3) is 3.91. The van der Waals surface area contributed by atoms with Gasteiger partial charge in [-0.3, -0.25) is 9.59 Å². The Morgan fingerprint density at radius 1 is 1.10 bits per heavy atom. The number of amides is 1. The van der Waals surface area contributed by atoms with Crippen molar-refractivity contribution in [3.8, 4) is 16.3 Å². The highest BCUT2D eigenvalue weighted by Crippen LogP contribution is 2.31. The number of hydrogen-bond donors (Lipinski definition) is 1. The lowest BCUT2D eigenvalue weighted by Gasteiger charge is -2.00. The normalized spacial score (nSPS) is 10.8. The number of thiazole rings is 1. The van der Waals surface area contributed by atoms with E-state index < -0.39 is 11.6 Å². The first-order valence-electron chi connectivity index (χ1n) is 8.46. The minimum absolute atomic E-state index is 0.142. The second kappa shape index (κ2) is 7.89. The molecule has 4 rings (SSSR count). The van der Waals surface area contributed by atoms with E-state index >= 15 is 0 Å². The van der Waals surface area contributed by atoms with Gasteiger partial charge >= 0.3 is 5.69 Å². The van der Waals surface area contributed by atoms with Crippen LogP contribution in [0.5, 0.6) is 0 Å². The number of rotatable bonds is 6. The van der Waals surface area contributed by atoms with Gasteiger partial charge in [0.2, 0.25) is 5.91 Å². The molecule has 11 heteroatoms. The first kappa shape index (κ1) is 18.9. The number of nitrogens with one attached hydrogen (secondary N) is 1. The molecule has 29 heavy (non-hydrogen) atoms. The van der Waals surface area contributed by atoms with Crippen LogP contribution >= 0.6 is 22.7 Å². The molecule has 0 saturated heterocycles. The fourth-order valence-electron chi connectivity index (χ4n) is 2.60. The molecule has 0 fully saturated rings. The number of tetrazole rings is 1. The quantitative estimate of drug-likeness (QED) is 0.474. The number of anilines is 1. The summed E-state index contributed by atoms with van der Waals surface area (Å²) in [6.45, 7) is 1.13. The first-order valence-corrected chi connectivity index (χ1v) is 10.2. The maximum absolute atomic E-state index is 12.4. The molecule has 0 bridgehead atoms. The smallest absolute Gasteiger partial charge is 0.300 e. The molecule has 146 valence electrons. The summed E-state index contributed by atoms with van der Waals surface area (Å²) in [5, 5.41) is 12.9. The average Bonchev–Trinajstić information content (AvgIpc) is 3.44. The zero-order chi connectivity index (χ0) is 20.4. The molecule has 1 aromatic carbocycles.